The molecule has 150 valence electrons. The maximum atomic E-state index is 12.7. The molecule has 1 unspecified atom stereocenters. The summed E-state index contributed by atoms with van der Waals surface area (Å²) in [4.78, 5) is 14.7. The molecule has 1 aliphatic heterocycles. The number of carbonyl (C=O) groups is 1. The first-order valence-corrected chi connectivity index (χ1v) is 10.7. The summed E-state index contributed by atoms with van der Waals surface area (Å²) >= 11 is 5.92. The smallest absolute Gasteiger partial charge is 0.222 e. The van der Waals surface area contributed by atoms with Crippen molar-refractivity contribution in [3.63, 3.8) is 0 Å². The average molecular weight is 400 g/mol. The van der Waals surface area contributed by atoms with Gasteiger partial charge in [-0.05, 0) is 61.8 Å². The summed E-state index contributed by atoms with van der Waals surface area (Å²) in [6.45, 7) is 1.64. The molecule has 1 N–H and O–H groups in total. The van der Waals surface area contributed by atoms with Gasteiger partial charge in [0.2, 0.25) is 5.91 Å². The lowest BCUT2D eigenvalue weighted by Crippen LogP contribution is -2.48. The minimum Gasteiger partial charge on any atom is -0.396 e. The zero-order valence-corrected chi connectivity index (χ0v) is 17.2. The van der Waals surface area contributed by atoms with Gasteiger partial charge < -0.3 is 10.0 Å². The number of carbonyl (C=O) groups excluding carboxylic acids is 1. The first-order chi connectivity index (χ1) is 13.6. The molecule has 0 spiro atoms. The third kappa shape index (κ3) is 5.83. The molecule has 3 rings (SSSR count). The van der Waals surface area contributed by atoms with Crippen molar-refractivity contribution in [2.24, 2.45) is 5.41 Å². The number of halogens is 1. The lowest BCUT2D eigenvalue weighted by molar-refractivity contribution is -0.135. The fourth-order valence-electron chi connectivity index (χ4n) is 4.14. The zero-order chi connectivity index (χ0) is 19.8. The SMILES string of the molecule is O=C(CCCc1ccc(Cl)cc1)N1CCCC(CO)(CCc2ccccc2)C1. The molecular formula is C24H30ClNO2. The number of benzene rings is 2. The van der Waals surface area contributed by atoms with Crippen LogP contribution in [0.2, 0.25) is 5.02 Å². The van der Waals surface area contributed by atoms with E-state index < -0.39 is 0 Å². The van der Waals surface area contributed by atoms with E-state index in [1.54, 1.807) is 0 Å². The van der Waals surface area contributed by atoms with Gasteiger partial charge >= 0.3 is 0 Å². The average Bonchev–Trinajstić information content (AvgIpc) is 2.74. The van der Waals surface area contributed by atoms with E-state index in [9.17, 15) is 9.90 Å². The molecule has 1 aliphatic rings. The van der Waals surface area contributed by atoms with Crippen LogP contribution in [0.15, 0.2) is 54.6 Å². The molecule has 0 aromatic heterocycles. The number of hydrogen-bond donors (Lipinski definition) is 1. The normalized spacial score (nSPS) is 19.6. The Bertz CT molecular complexity index is 747. The van der Waals surface area contributed by atoms with Crippen molar-refractivity contribution in [3.05, 3.63) is 70.7 Å². The van der Waals surface area contributed by atoms with Crippen molar-refractivity contribution < 1.29 is 9.90 Å². The van der Waals surface area contributed by atoms with E-state index in [4.69, 9.17) is 11.6 Å². The van der Waals surface area contributed by atoms with Crippen LogP contribution >= 0.6 is 11.6 Å². The predicted molar refractivity (Wildman–Crippen MR) is 114 cm³/mol. The van der Waals surface area contributed by atoms with Crippen molar-refractivity contribution in [2.45, 2.75) is 44.9 Å². The quantitative estimate of drug-likeness (QED) is 0.686. The molecule has 0 bridgehead atoms. The van der Waals surface area contributed by atoms with Crippen molar-refractivity contribution in [1.29, 1.82) is 0 Å². The molecule has 1 atom stereocenters. The Morgan fingerprint density at radius 1 is 1.04 bits per heavy atom. The fourth-order valence-corrected chi connectivity index (χ4v) is 4.27. The number of aliphatic hydroxyl groups is 1. The van der Waals surface area contributed by atoms with E-state index >= 15 is 0 Å². The Morgan fingerprint density at radius 2 is 1.75 bits per heavy atom. The Balaban J connectivity index is 1.50. The van der Waals surface area contributed by atoms with Crippen LogP contribution in [0.4, 0.5) is 0 Å². The van der Waals surface area contributed by atoms with Crippen LogP contribution in [0.3, 0.4) is 0 Å². The molecule has 1 saturated heterocycles. The molecule has 4 heteroatoms. The van der Waals surface area contributed by atoms with E-state index in [-0.39, 0.29) is 17.9 Å². The fraction of sp³-hybridized carbons (Fsp3) is 0.458. The van der Waals surface area contributed by atoms with Crippen LogP contribution in [-0.4, -0.2) is 35.6 Å². The number of amides is 1. The van der Waals surface area contributed by atoms with Gasteiger partial charge in [-0.3, -0.25) is 4.79 Å². The van der Waals surface area contributed by atoms with Gasteiger partial charge in [0.05, 0.1) is 6.61 Å². The van der Waals surface area contributed by atoms with Crippen LogP contribution in [-0.2, 0) is 17.6 Å². The third-order valence-electron chi connectivity index (χ3n) is 5.91. The predicted octanol–water partition coefficient (Wildman–Crippen LogP) is 4.90. The first kappa shape index (κ1) is 20.9. The molecule has 0 radical (unpaired) electrons. The molecule has 0 saturated carbocycles. The molecule has 1 heterocycles. The van der Waals surface area contributed by atoms with Crippen LogP contribution in [0.25, 0.3) is 0 Å². The Labute approximate surface area is 173 Å². The third-order valence-corrected chi connectivity index (χ3v) is 6.16. The summed E-state index contributed by atoms with van der Waals surface area (Å²) in [7, 11) is 0. The highest BCUT2D eigenvalue weighted by Gasteiger charge is 2.36. The minimum atomic E-state index is -0.167. The van der Waals surface area contributed by atoms with Crippen LogP contribution in [0.1, 0.15) is 43.2 Å². The largest absolute Gasteiger partial charge is 0.396 e. The number of rotatable bonds is 8. The molecule has 1 fully saturated rings. The second-order valence-corrected chi connectivity index (χ2v) is 8.48. The lowest BCUT2D eigenvalue weighted by Gasteiger charge is -2.42. The van der Waals surface area contributed by atoms with Crippen LogP contribution in [0, 0.1) is 5.41 Å². The summed E-state index contributed by atoms with van der Waals surface area (Å²) in [5.41, 5.74) is 2.34. The van der Waals surface area contributed by atoms with Gasteiger partial charge in [0, 0.05) is 29.9 Å². The number of aliphatic hydroxyl groups excluding tert-OH is 1. The minimum absolute atomic E-state index is 0.147. The van der Waals surface area contributed by atoms with Crippen LogP contribution < -0.4 is 0 Å². The van der Waals surface area contributed by atoms with E-state index in [0.29, 0.717) is 13.0 Å². The molecule has 2 aromatic carbocycles. The lowest BCUT2D eigenvalue weighted by atomic mass is 9.76. The zero-order valence-electron chi connectivity index (χ0n) is 16.4. The number of hydrogen-bond acceptors (Lipinski definition) is 2. The number of nitrogens with zero attached hydrogens (tertiary/aromatic N) is 1. The van der Waals surface area contributed by atoms with Crippen LogP contribution in [0.5, 0.6) is 0 Å². The van der Waals surface area contributed by atoms with Gasteiger partial charge in [0.15, 0.2) is 0 Å². The topological polar surface area (TPSA) is 40.5 Å². The molecule has 0 aliphatic carbocycles. The van der Waals surface area contributed by atoms with E-state index in [1.807, 2.05) is 35.2 Å². The Morgan fingerprint density at radius 3 is 2.46 bits per heavy atom. The second kappa shape index (κ2) is 10.1. The molecular weight excluding hydrogens is 370 g/mol. The van der Waals surface area contributed by atoms with Gasteiger partial charge in [-0.1, -0.05) is 54.1 Å². The van der Waals surface area contributed by atoms with Gasteiger partial charge in [-0.2, -0.15) is 0 Å². The Kier molecular flexibility index (Phi) is 7.52. The summed E-state index contributed by atoms with van der Waals surface area (Å²) in [5, 5.41) is 10.9. The van der Waals surface area contributed by atoms with E-state index in [1.165, 1.54) is 11.1 Å². The number of piperidine rings is 1. The maximum Gasteiger partial charge on any atom is 0.222 e. The highest BCUT2D eigenvalue weighted by Crippen LogP contribution is 2.34. The standard InChI is InChI=1S/C24H30ClNO2/c25-22-12-10-21(11-13-22)8-4-9-23(28)26-17-5-15-24(18-26,19-27)16-14-20-6-2-1-3-7-20/h1-3,6-7,10-13,27H,4-5,8-9,14-19H2. The summed E-state index contributed by atoms with van der Waals surface area (Å²) in [5.74, 6) is 0.214. The van der Waals surface area contributed by atoms with Gasteiger partial charge in [0.1, 0.15) is 0 Å². The van der Waals surface area contributed by atoms with Crippen molar-refractivity contribution in [2.75, 3.05) is 19.7 Å². The van der Waals surface area contributed by atoms with Gasteiger partial charge in [-0.15, -0.1) is 0 Å². The number of aryl methyl sites for hydroxylation is 2. The molecule has 1 amide bonds. The van der Waals surface area contributed by atoms with Crippen molar-refractivity contribution in [3.8, 4) is 0 Å². The number of likely N-dealkylation sites (tertiary alicyclic amines) is 1. The summed E-state index contributed by atoms with van der Waals surface area (Å²) < 4.78 is 0. The van der Waals surface area contributed by atoms with Crippen molar-refractivity contribution in [1.82, 2.24) is 4.90 Å². The summed E-state index contributed by atoms with van der Waals surface area (Å²) in [6.07, 6.45) is 6.11. The molecule has 28 heavy (non-hydrogen) atoms. The molecule has 3 nitrogen and oxygen atoms in total. The second-order valence-electron chi connectivity index (χ2n) is 8.04. The van der Waals surface area contributed by atoms with Gasteiger partial charge in [-0.25, -0.2) is 0 Å². The summed E-state index contributed by atoms with van der Waals surface area (Å²) in [6, 6.07) is 18.2. The van der Waals surface area contributed by atoms with E-state index in [2.05, 4.69) is 24.3 Å². The Hall–Kier alpha value is -1.84. The highest BCUT2D eigenvalue weighted by molar-refractivity contribution is 6.30. The first-order valence-electron chi connectivity index (χ1n) is 10.3. The molecule has 2 aromatic rings. The highest BCUT2D eigenvalue weighted by atomic mass is 35.5. The maximum absolute atomic E-state index is 12.7. The van der Waals surface area contributed by atoms with Gasteiger partial charge in [0.25, 0.3) is 0 Å². The van der Waals surface area contributed by atoms with E-state index in [0.717, 1.165) is 50.1 Å². The van der Waals surface area contributed by atoms with Crippen molar-refractivity contribution >= 4 is 17.5 Å². The monoisotopic (exact) mass is 399 g/mol.